The summed E-state index contributed by atoms with van der Waals surface area (Å²) in [5.41, 5.74) is 2.31. The summed E-state index contributed by atoms with van der Waals surface area (Å²) >= 11 is 0. The van der Waals surface area contributed by atoms with E-state index in [2.05, 4.69) is 4.74 Å². The van der Waals surface area contributed by atoms with E-state index in [0.717, 1.165) is 16.9 Å². The number of methoxy groups -OCH3 is 1. The maximum absolute atomic E-state index is 11.0. The van der Waals surface area contributed by atoms with Gasteiger partial charge in [-0.3, -0.25) is 4.79 Å². The van der Waals surface area contributed by atoms with Crippen molar-refractivity contribution in [1.82, 2.24) is 0 Å². The molecular formula is C13H18O3. The Morgan fingerprint density at radius 3 is 2.69 bits per heavy atom. The van der Waals surface area contributed by atoms with Gasteiger partial charge in [0.25, 0.3) is 0 Å². The second-order valence-electron chi connectivity index (χ2n) is 3.60. The predicted octanol–water partition coefficient (Wildman–Crippen LogP) is 2.50. The van der Waals surface area contributed by atoms with Crippen LogP contribution in [0.25, 0.3) is 0 Å². The Kier molecular flexibility index (Phi) is 4.83. The van der Waals surface area contributed by atoms with Crippen molar-refractivity contribution >= 4 is 5.97 Å². The third kappa shape index (κ3) is 3.57. The smallest absolute Gasteiger partial charge is 0.305 e. The van der Waals surface area contributed by atoms with Gasteiger partial charge in [-0.05, 0) is 43.5 Å². The summed E-state index contributed by atoms with van der Waals surface area (Å²) in [4.78, 5) is 11.0. The third-order valence-corrected chi connectivity index (χ3v) is 2.45. The molecule has 1 aromatic carbocycles. The molecule has 0 saturated heterocycles. The standard InChI is InChI=1S/C13H18O3/c1-4-16-12-7-5-11(10(2)9-12)6-8-13(14)15-3/h5,7,9H,4,6,8H2,1-3H3. The lowest BCUT2D eigenvalue weighted by atomic mass is 10.0. The van der Waals surface area contributed by atoms with Gasteiger partial charge in [-0.15, -0.1) is 0 Å². The number of carbonyl (C=O) groups excluding carboxylic acids is 1. The van der Waals surface area contributed by atoms with Crippen molar-refractivity contribution in [2.45, 2.75) is 26.7 Å². The summed E-state index contributed by atoms with van der Waals surface area (Å²) in [6.45, 7) is 4.65. The van der Waals surface area contributed by atoms with Crippen molar-refractivity contribution in [2.24, 2.45) is 0 Å². The van der Waals surface area contributed by atoms with Gasteiger partial charge in [0, 0.05) is 6.42 Å². The SMILES string of the molecule is CCOc1ccc(CCC(=O)OC)c(C)c1. The summed E-state index contributed by atoms with van der Waals surface area (Å²) in [6, 6.07) is 5.93. The number of ether oxygens (including phenoxy) is 2. The van der Waals surface area contributed by atoms with Crippen LogP contribution in [0.2, 0.25) is 0 Å². The molecule has 0 fully saturated rings. The maximum Gasteiger partial charge on any atom is 0.305 e. The van der Waals surface area contributed by atoms with Crippen LogP contribution in [0.3, 0.4) is 0 Å². The highest BCUT2D eigenvalue weighted by Crippen LogP contribution is 2.18. The molecule has 0 radical (unpaired) electrons. The van der Waals surface area contributed by atoms with E-state index in [1.807, 2.05) is 32.0 Å². The highest BCUT2D eigenvalue weighted by molar-refractivity contribution is 5.69. The molecule has 1 aromatic rings. The third-order valence-electron chi connectivity index (χ3n) is 2.45. The van der Waals surface area contributed by atoms with E-state index in [0.29, 0.717) is 19.4 Å². The van der Waals surface area contributed by atoms with Crippen molar-refractivity contribution < 1.29 is 14.3 Å². The monoisotopic (exact) mass is 222 g/mol. The molecule has 16 heavy (non-hydrogen) atoms. The molecule has 0 aliphatic carbocycles. The lowest BCUT2D eigenvalue weighted by Gasteiger charge is -2.08. The number of benzene rings is 1. The van der Waals surface area contributed by atoms with Crippen LogP contribution in [-0.4, -0.2) is 19.7 Å². The fourth-order valence-corrected chi connectivity index (χ4v) is 1.54. The minimum Gasteiger partial charge on any atom is -0.494 e. The van der Waals surface area contributed by atoms with Gasteiger partial charge in [0.1, 0.15) is 5.75 Å². The lowest BCUT2D eigenvalue weighted by molar-refractivity contribution is -0.140. The quantitative estimate of drug-likeness (QED) is 0.718. The first kappa shape index (κ1) is 12.6. The number of rotatable bonds is 5. The van der Waals surface area contributed by atoms with E-state index < -0.39 is 0 Å². The summed E-state index contributed by atoms with van der Waals surface area (Å²) in [6.07, 6.45) is 1.14. The number of aryl methyl sites for hydroxylation is 2. The fraction of sp³-hybridized carbons (Fsp3) is 0.462. The Morgan fingerprint density at radius 2 is 2.12 bits per heavy atom. The molecule has 88 valence electrons. The molecule has 3 nitrogen and oxygen atoms in total. The average Bonchev–Trinajstić information content (AvgIpc) is 2.28. The first-order valence-corrected chi connectivity index (χ1v) is 5.46. The van der Waals surface area contributed by atoms with Gasteiger partial charge in [0.15, 0.2) is 0 Å². The molecule has 0 bridgehead atoms. The Balaban J connectivity index is 2.64. The van der Waals surface area contributed by atoms with E-state index in [1.54, 1.807) is 0 Å². The van der Waals surface area contributed by atoms with Gasteiger partial charge in [0.05, 0.1) is 13.7 Å². The molecule has 1 rings (SSSR count). The maximum atomic E-state index is 11.0. The zero-order valence-corrected chi connectivity index (χ0v) is 10.1. The molecule has 0 aliphatic rings. The molecule has 0 spiro atoms. The Bertz CT molecular complexity index is 358. The Hall–Kier alpha value is -1.51. The number of hydrogen-bond acceptors (Lipinski definition) is 3. The molecule has 0 heterocycles. The van der Waals surface area contributed by atoms with Crippen LogP contribution in [0.4, 0.5) is 0 Å². The molecular weight excluding hydrogens is 204 g/mol. The molecule has 0 aromatic heterocycles. The summed E-state index contributed by atoms with van der Waals surface area (Å²) < 4.78 is 10.0. The van der Waals surface area contributed by atoms with Gasteiger partial charge in [-0.25, -0.2) is 0 Å². The van der Waals surface area contributed by atoms with E-state index in [-0.39, 0.29) is 5.97 Å². The van der Waals surface area contributed by atoms with Gasteiger partial charge in [-0.2, -0.15) is 0 Å². The van der Waals surface area contributed by atoms with Gasteiger partial charge < -0.3 is 9.47 Å². The minimum absolute atomic E-state index is 0.173. The van der Waals surface area contributed by atoms with Crippen LogP contribution in [0.1, 0.15) is 24.5 Å². The van der Waals surface area contributed by atoms with Crippen LogP contribution >= 0.6 is 0 Å². The lowest BCUT2D eigenvalue weighted by Crippen LogP contribution is -2.03. The van der Waals surface area contributed by atoms with Crippen LogP contribution in [-0.2, 0) is 16.0 Å². The minimum atomic E-state index is -0.173. The molecule has 0 N–H and O–H groups in total. The molecule has 0 saturated carbocycles. The second-order valence-corrected chi connectivity index (χ2v) is 3.60. The Morgan fingerprint density at radius 1 is 1.38 bits per heavy atom. The number of carbonyl (C=O) groups is 1. The summed E-state index contributed by atoms with van der Waals surface area (Å²) in [5.74, 6) is 0.704. The molecule has 0 unspecified atom stereocenters. The van der Waals surface area contributed by atoms with E-state index in [9.17, 15) is 4.79 Å². The average molecular weight is 222 g/mol. The van der Waals surface area contributed by atoms with Gasteiger partial charge >= 0.3 is 5.97 Å². The van der Waals surface area contributed by atoms with Crippen LogP contribution in [0, 0.1) is 6.92 Å². The summed E-state index contributed by atoms with van der Waals surface area (Å²) in [5, 5.41) is 0. The van der Waals surface area contributed by atoms with Crippen LogP contribution in [0.5, 0.6) is 5.75 Å². The van der Waals surface area contributed by atoms with Crippen molar-refractivity contribution in [3.63, 3.8) is 0 Å². The first-order valence-electron chi connectivity index (χ1n) is 5.46. The normalized spacial score (nSPS) is 9.94. The van der Waals surface area contributed by atoms with Crippen LogP contribution in [0.15, 0.2) is 18.2 Å². The topological polar surface area (TPSA) is 35.5 Å². The van der Waals surface area contributed by atoms with Crippen molar-refractivity contribution in [3.8, 4) is 5.75 Å². The van der Waals surface area contributed by atoms with E-state index in [4.69, 9.17) is 4.74 Å². The molecule has 0 amide bonds. The largest absolute Gasteiger partial charge is 0.494 e. The second kappa shape index (κ2) is 6.16. The Labute approximate surface area is 96.4 Å². The van der Waals surface area contributed by atoms with Crippen molar-refractivity contribution in [3.05, 3.63) is 29.3 Å². The highest BCUT2D eigenvalue weighted by atomic mass is 16.5. The zero-order valence-electron chi connectivity index (χ0n) is 10.1. The fourth-order valence-electron chi connectivity index (χ4n) is 1.54. The molecule has 0 atom stereocenters. The highest BCUT2D eigenvalue weighted by Gasteiger charge is 2.04. The number of esters is 1. The van der Waals surface area contributed by atoms with Crippen LogP contribution < -0.4 is 4.74 Å². The van der Waals surface area contributed by atoms with E-state index >= 15 is 0 Å². The zero-order chi connectivity index (χ0) is 12.0. The van der Waals surface area contributed by atoms with E-state index in [1.165, 1.54) is 7.11 Å². The molecule has 3 heteroatoms. The van der Waals surface area contributed by atoms with Crippen molar-refractivity contribution in [1.29, 1.82) is 0 Å². The summed E-state index contributed by atoms with van der Waals surface area (Å²) in [7, 11) is 1.41. The van der Waals surface area contributed by atoms with Gasteiger partial charge in [-0.1, -0.05) is 6.07 Å². The predicted molar refractivity (Wildman–Crippen MR) is 62.7 cm³/mol. The molecule has 0 aliphatic heterocycles. The first-order chi connectivity index (χ1) is 7.67. The van der Waals surface area contributed by atoms with Gasteiger partial charge in [0.2, 0.25) is 0 Å². The number of hydrogen-bond donors (Lipinski definition) is 0. The van der Waals surface area contributed by atoms with Crippen molar-refractivity contribution in [2.75, 3.05) is 13.7 Å².